The van der Waals surface area contributed by atoms with Gasteiger partial charge in [0.1, 0.15) is 18.8 Å². The van der Waals surface area contributed by atoms with Crippen LogP contribution in [0.25, 0.3) is 0 Å². The Balaban J connectivity index is 1.28. The van der Waals surface area contributed by atoms with Gasteiger partial charge in [-0.15, -0.1) is 0 Å². The Morgan fingerprint density at radius 2 is 1.63 bits per heavy atom. The van der Waals surface area contributed by atoms with E-state index in [1.807, 2.05) is 0 Å². The van der Waals surface area contributed by atoms with Crippen molar-refractivity contribution in [1.29, 1.82) is 0 Å². The zero-order valence-electron chi connectivity index (χ0n) is 29.6. The standard InChI is InChI=1S/C42H60O4/c1-27(2)14-15-30(5)35-18-19-36-33-16-17-38-40(46-44-26-31-12-8-10-28(3)24-31)34(39(45-43)32-13-9-11-29(4)25-32)20-22-42(38,7)37(33)21-23-41(35,36)6/h8-13,17,24-25,27,30,33-37,39-40,43H,14-16,18-23,26H2,1-7H3. The van der Waals surface area contributed by atoms with Crippen molar-refractivity contribution in [3.63, 3.8) is 0 Å². The van der Waals surface area contributed by atoms with Crippen LogP contribution in [0, 0.1) is 66.1 Å². The quantitative estimate of drug-likeness (QED) is 0.153. The number of fused-ring (bicyclic) bond motifs is 5. The lowest BCUT2D eigenvalue weighted by Crippen LogP contribution is -2.54. The van der Waals surface area contributed by atoms with Crippen molar-refractivity contribution in [3.05, 3.63) is 82.4 Å². The van der Waals surface area contributed by atoms with E-state index in [-0.39, 0.29) is 17.4 Å². The summed E-state index contributed by atoms with van der Waals surface area (Å²) in [6.07, 6.45) is 13.1. The van der Waals surface area contributed by atoms with Gasteiger partial charge in [0.25, 0.3) is 0 Å². The molecular weight excluding hydrogens is 568 g/mol. The highest BCUT2D eigenvalue weighted by molar-refractivity contribution is 5.32. The number of rotatable bonds is 11. The topological polar surface area (TPSA) is 47.9 Å². The third-order valence-corrected chi connectivity index (χ3v) is 13.5. The van der Waals surface area contributed by atoms with E-state index < -0.39 is 6.10 Å². The third kappa shape index (κ3) is 6.41. The summed E-state index contributed by atoms with van der Waals surface area (Å²) >= 11 is 0. The summed E-state index contributed by atoms with van der Waals surface area (Å²) in [5, 5.41) is 10.4. The monoisotopic (exact) mass is 628 g/mol. The van der Waals surface area contributed by atoms with Gasteiger partial charge in [-0.25, -0.2) is 14.7 Å². The summed E-state index contributed by atoms with van der Waals surface area (Å²) in [6.45, 7) is 17.1. The Morgan fingerprint density at radius 1 is 0.870 bits per heavy atom. The summed E-state index contributed by atoms with van der Waals surface area (Å²) in [4.78, 5) is 18.0. The van der Waals surface area contributed by atoms with E-state index in [0.717, 1.165) is 65.5 Å². The first kappa shape index (κ1) is 33.9. The fraction of sp³-hybridized carbons (Fsp3) is 0.667. The van der Waals surface area contributed by atoms with Gasteiger partial charge in [-0.3, -0.25) is 5.26 Å². The Bertz CT molecular complexity index is 1360. The molecule has 0 aliphatic heterocycles. The second-order valence-electron chi connectivity index (χ2n) is 16.8. The van der Waals surface area contributed by atoms with Crippen LogP contribution in [0.2, 0.25) is 0 Å². The average molecular weight is 629 g/mol. The molecule has 252 valence electrons. The molecule has 0 aromatic heterocycles. The Labute approximate surface area is 279 Å². The van der Waals surface area contributed by atoms with E-state index in [0.29, 0.717) is 17.9 Å². The Morgan fingerprint density at radius 3 is 2.35 bits per heavy atom. The van der Waals surface area contributed by atoms with Crippen LogP contribution in [0.1, 0.15) is 121 Å². The summed E-state index contributed by atoms with van der Waals surface area (Å²) in [5.41, 5.74) is 6.38. The largest absolute Gasteiger partial charge is 0.251 e. The molecule has 4 heteroatoms. The van der Waals surface area contributed by atoms with E-state index >= 15 is 0 Å². The van der Waals surface area contributed by atoms with Crippen LogP contribution in [0.4, 0.5) is 0 Å². The number of benzene rings is 2. The molecule has 0 radical (unpaired) electrons. The molecule has 2 aromatic rings. The second-order valence-corrected chi connectivity index (χ2v) is 16.8. The van der Waals surface area contributed by atoms with Gasteiger partial charge in [-0.1, -0.05) is 113 Å². The molecular formula is C42H60O4. The number of hydrogen-bond acceptors (Lipinski definition) is 4. The predicted octanol–water partition coefficient (Wildman–Crippen LogP) is 11.2. The molecule has 4 aliphatic carbocycles. The van der Waals surface area contributed by atoms with Crippen molar-refractivity contribution in [2.45, 2.75) is 125 Å². The SMILES string of the molecule is Cc1cccc(COOC2C3=CCC4C(CCC5(C)C(C(C)CCC(C)C)CCC45)C3(C)CCC2C(OO)c2cccc(C)c2)c1. The number of aryl methyl sites for hydroxylation is 2. The first-order chi connectivity index (χ1) is 22.0. The summed E-state index contributed by atoms with van der Waals surface area (Å²) < 4.78 is 0. The highest BCUT2D eigenvalue weighted by atomic mass is 17.2. The van der Waals surface area contributed by atoms with Crippen LogP contribution >= 0.6 is 0 Å². The highest BCUT2D eigenvalue weighted by Crippen LogP contribution is 2.68. The zero-order chi connectivity index (χ0) is 32.6. The van der Waals surface area contributed by atoms with Crippen molar-refractivity contribution < 1.29 is 19.9 Å². The molecule has 2 aromatic carbocycles. The van der Waals surface area contributed by atoms with Gasteiger partial charge in [0.15, 0.2) is 0 Å². The van der Waals surface area contributed by atoms with E-state index in [2.05, 4.69) is 103 Å². The van der Waals surface area contributed by atoms with Gasteiger partial charge in [0, 0.05) is 5.92 Å². The molecule has 0 saturated heterocycles. The highest BCUT2D eigenvalue weighted by Gasteiger charge is 2.61. The number of allylic oxidation sites excluding steroid dienone is 1. The molecule has 10 unspecified atom stereocenters. The molecule has 0 heterocycles. The van der Waals surface area contributed by atoms with E-state index in [1.54, 1.807) is 0 Å². The first-order valence-corrected chi connectivity index (χ1v) is 18.5. The lowest BCUT2D eigenvalue weighted by Gasteiger charge is -2.59. The lowest BCUT2D eigenvalue weighted by molar-refractivity contribution is -0.361. The Kier molecular flexibility index (Phi) is 10.2. The summed E-state index contributed by atoms with van der Waals surface area (Å²) in [6, 6.07) is 16.8. The fourth-order valence-corrected chi connectivity index (χ4v) is 11.2. The van der Waals surface area contributed by atoms with Gasteiger partial charge < -0.3 is 0 Å². The fourth-order valence-electron chi connectivity index (χ4n) is 11.2. The number of hydrogen-bond donors (Lipinski definition) is 1. The molecule has 4 nitrogen and oxygen atoms in total. The minimum Gasteiger partial charge on any atom is -0.251 e. The predicted molar refractivity (Wildman–Crippen MR) is 186 cm³/mol. The molecule has 3 fully saturated rings. The smallest absolute Gasteiger partial charge is 0.123 e. The van der Waals surface area contributed by atoms with E-state index in [9.17, 15) is 5.26 Å². The maximum absolute atomic E-state index is 10.4. The summed E-state index contributed by atoms with van der Waals surface area (Å²) in [5.74, 6) is 4.62. The third-order valence-electron chi connectivity index (χ3n) is 13.5. The first-order valence-electron chi connectivity index (χ1n) is 18.5. The maximum atomic E-state index is 10.4. The molecule has 1 N–H and O–H groups in total. The second kappa shape index (κ2) is 13.9. The zero-order valence-corrected chi connectivity index (χ0v) is 29.6. The molecule has 4 aliphatic rings. The normalized spacial score (nSPS) is 35.2. The van der Waals surface area contributed by atoms with Gasteiger partial charge in [-0.2, -0.15) is 0 Å². The molecule has 6 rings (SSSR count). The van der Waals surface area contributed by atoms with Gasteiger partial charge >= 0.3 is 0 Å². The molecule has 0 amide bonds. The molecule has 3 saturated carbocycles. The van der Waals surface area contributed by atoms with Crippen LogP contribution in [0.5, 0.6) is 0 Å². The van der Waals surface area contributed by atoms with Crippen LogP contribution in [-0.4, -0.2) is 11.4 Å². The lowest BCUT2D eigenvalue weighted by atomic mass is 9.46. The average Bonchev–Trinajstić information content (AvgIpc) is 3.38. The Hall–Kier alpha value is -1.98. The maximum Gasteiger partial charge on any atom is 0.123 e. The molecule has 10 atom stereocenters. The van der Waals surface area contributed by atoms with Crippen molar-refractivity contribution >= 4 is 0 Å². The van der Waals surface area contributed by atoms with Crippen molar-refractivity contribution in [1.82, 2.24) is 0 Å². The van der Waals surface area contributed by atoms with Crippen LogP contribution < -0.4 is 0 Å². The minimum atomic E-state index is -0.479. The minimum absolute atomic E-state index is 0.0493. The van der Waals surface area contributed by atoms with E-state index in [1.165, 1.54) is 49.7 Å². The molecule has 0 bridgehead atoms. The van der Waals surface area contributed by atoms with Gasteiger partial charge in [0.2, 0.25) is 0 Å². The van der Waals surface area contributed by atoms with Crippen LogP contribution in [0.15, 0.2) is 60.2 Å². The van der Waals surface area contributed by atoms with Crippen molar-refractivity contribution in [2.24, 2.45) is 52.3 Å². The van der Waals surface area contributed by atoms with Crippen LogP contribution in [-0.2, 0) is 21.3 Å². The van der Waals surface area contributed by atoms with Crippen molar-refractivity contribution in [2.75, 3.05) is 0 Å². The van der Waals surface area contributed by atoms with Crippen LogP contribution in [0.3, 0.4) is 0 Å². The van der Waals surface area contributed by atoms with Gasteiger partial charge in [-0.05, 0) is 122 Å². The van der Waals surface area contributed by atoms with E-state index in [4.69, 9.17) is 14.7 Å². The van der Waals surface area contributed by atoms with Crippen molar-refractivity contribution in [3.8, 4) is 0 Å². The summed E-state index contributed by atoms with van der Waals surface area (Å²) in [7, 11) is 0. The molecule has 46 heavy (non-hydrogen) atoms. The van der Waals surface area contributed by atoms with Gasteiger partial charge in [0.05, 0.1) is 0 Å². The molecule has 0 spiro atoms.